The van der Waals surface area contributed by atoms with Crippen molar-refractivity contribution >= 4 is 40.1 Å². The molecule has 0 aliphatic rings. The first-order valence-corrected chi connectivity index (χ1v) is 7.01. The van der Waals surface area contributed by atoms with Gasteiger partial charge in [-0.25, -0.2) is 10.5 Å². The standard InChI is InChI=1S/C15H9Cl2N3O2/c16-9-2-3-10(11(17)6-9)14-7-18-12-4-1-8(15(21)20-22)5-13(12)19-14/h1-7,22H,(H,20,21). The second-order valence-corrected chi connectivity index (χ2v) is 5.37. The van der Waals surface area contributed by atoms with Crippen molar-refractivity contribution in [2.45, 2.75) is 0 Å². The van der Waals surface area contributed by atoms with Gasteiger partial charge in [-0.3, -0.25) is 15.0 Å². The highest BCUT2D eigenvalue weighted by Crippen LogP contribution is 2.29. The lowest BCUT2D eigenvalue weighted by Crippen LogP contribution is -2.18. The van der Waals surface area contributed by atoms with Crippen LogP contribution in [0.2, 0.25) is 10.0 Å². The van der Waals surface area contributed by atoms with Crippen LogP contribution in [0.15, 0.2) is 42.6 Å². The van der Waals surface area contributed by atoms with E-state index in [1.165, 1.54) is 0 Å². The van der Waals surface area contributed by atoms with E-state index in [1.54, 1.807) is 48.1 Å². The molecule has 0 fully saturated rings. The molecule has 0 saturated heterocycles. The third-order valence-electron chi connectivity index (χ3n) is 3.11. The maximum atomic E-state index is 11.5. The van der Waals surface area contributed by atoms with Crippen LogP contribution in [-0.4, -0.2) is 21.1 Å². The summed E-state index contributed by atoms with van der Waals surface area (Å²) < 4.78 is 0. The van der Waals surface area contributed by atoms with Crippen LogP contribution in [0.5, 0.6) is 0 Å². The van der Waals surface area contributed by atoms with Gasteiger partial charge in [0.25, 0.3) is 5.91 Å². The number of hydrogen-bond donors (Lipinski definition) is 2. The van der Waals surface area contributed by atoms with E-state index in [9.17, 15) is 4.79 Å². The fourth-order valence-electron chi connectivity index (χ4n) is 2.04. The highest BCUT2D eigenvalue weighted by Gasteiger charge is 2.10. The highest BCUT2D eigenvalue weighted by molar-refractivity contribution is 6.36. The molecule has 0 aliphatic carbocycles. The zero-order valence-corrected chi connectivity index (χ0v) is 12.6. The molecule has 2 aromatic carbocycles. The highest BCUT2D eigenvalue weighted by atomic mass is 35.5. The minimum absolute atomic E-state index is 0.281. The number of rotatable bonds is 2. The molecule has 3 aromatic rings. The number of hydrogen-bond acceptors (Lipinski definition) is 4. The van der Waals surface area contributed by atoms with Gasteiger partial charge in [-0.1, -0.05) is 23.2 Å². The number of nitrogens with one attached hydrogen (secondary N) is 1. The Hall–Kier alpha value is -2.21. The van der Waals surface area contributed by atoms with E-state index in [4.69, 9.17) is 28.4 Å². The van der Waals surface area contributed by atoms with Gasteiger partial charge in [-0.2, -0.15) is 0 Å². The minimum atomic E-state index is -0.612. The van der Waals surface area contributed by atoms with Gasteiger partial charge in [-0.05, 0) is 36.4 Å². The summed E-state index contributed by atoms with van der Waals surface area (Å²) in [6, 6.07) is 9.84. The van der Waals surface area contributed by atoms with Gasteiger partial charge in [-0.15, -0.1) is 0 Å². The summed E-state index contributed by atoms with van der Waals surface area (Å²) in [5, 5.41) is 9.68. The molecule has 5 nitrogen and oxygen atoms in total. The normalized spacial score (nSPS) is 10.7. The van der Waals surface area contributed by atoms with E-state index >= 15 is 0 Å². The molecule has 0 spiro atoms. The molecular weight excluding hydrogens is 325 g/mol. The number of hydroxylamine groups is 1. The van der Waals surface area contributed by atoms with E-state index in [-0.39, 0.29) is 5.56 Å². The number of amides is 1. The average molecular weight is 334 g/mol. The van der Waals surface area contributed by atoms with Gasteiger partial charge in [0.1, 0.15) is 0 Å². The van der Waals surface area contributed by atoms with Gasteiger partial charge < -0.3 is 0 Å². The average Bonchev–Trinajstić information content (AvgIpc) is 2.53. The van der Waals surface area contributed by atoms with E-state index in [1.807, 2.05) is 0 Å². The monoisotopic (exact) mass is 333 g/mol. The summed E-state index contributed by atoms with van der Waals surface area (Å²) in [5.41, 5.74) is 4.27. The van der Waals surface area contributed by atoms with Crippen molar-refractivity contribution in [2.24, 2.45) is 0 Å². The molecule has 3 rings (SSSR count). The van der Waals surface area contributed by atoms with Crippen LogP contribution in [0.3, 0.4) is 0 Å². The zero-order valence-electron chi connectivity index (χ0n) is 11.0. The number of nitrogens with zero attached hydrogens (tertiary/aromatic N) is 2. The summed E-state index contributed by atoms with van der Waals surface area (Å²) in [5.74, 6) is -0.612. The first-order valence-electron chi connectivity index (χ1n) is 6.25. The summed E-state index contributed by atoms with van der Waals surface area (Å²) in [6.45, 7) is 0. The van der Waals surface area contributed by atoms with Crippen LogP contribution < -0.4 is 5.48 Å². The fraction of sp³-hybridized carbons (Fsp3) is 0. The molecule has 1 heterocycles. The van der Waals surface area contributed by atoms with Gasteiger partial charge in [0.15, 0.2) is 0 Å². The van der Waals surface area contributed by atoms with E-state index in [2.05, 4.69) is 9.97 Å². The maximum Gasteiger partial charge on any atom is 0.274 e. The number of carbonyl (C=O) groups excluding carboxylic acids is 1. The predicted molar refractivity (Wildman–Crippen MR) is 84.2 cm³/mol. The summed E-state index contributed by atoms with van der Waals surface area (Å²) in [4.78, 5) is 20.2. The quantitative estimate of drug-likeness (QED) is 0.553. The predicted octanol–water partition coefficient (Wildman–Crippen LogP) is 3.72. The maximum absolute atomic E-state index is 11.5. The van der Waals surface area contributed by atoms with E-state index in [0.29, 0.717) is 32.3 Å². The molecule has 0 atom stereocenters. The Bertz CT molecular complexity index is 884. The SMILES string of the molecule is O=C(NO)c1ccc2ncc(-c3ccc(Cl)cc3Cl)nc2c1. The van der Waals surface area contributed by atoms with Crippen LogP contribution in [0.4, 0.5) is 0 Å². The summed E-state index contributed by atoms with van der Waals surface area (Å²) in [7, 11) is 0. The molecule has 110 valence electrons. The Balaban J connectivity index is 2.13. The largest absolute Gasteiger partial charge is 0.288 e. The third-order valence-corrected chi connectivity index (χ3v) is 3.66. The molecule has 0 aliphatic heterocycles. The fourth-order valence-corrected chi connectivity index (χ4v) is 2.55. The molecule has 0 bridgehead atoms. The molecule has 0 saturated carbocycles. The number of aromatic nitrogens is 2. The molecule has 0 radical (unpaired) electrons. The molecule has 1 aromatic heterocycles. The van der Waals surface area contributed by atoms with Crippen molar-refractivity contribution in [3.8, 4) is 11.3 Å². The van der Waals surface area contributed by atoms with E-state index in [0.717, 1.165) is 0 Å². The first kappa shape index (κ1) is 14.7. The van der Waals surface area contributed by atoms with Crippen LogP contribution in [-0.2, 0) is 0 Å². The topological polar surface area (TPSA) is 75.1 Å². The Labute approximate surface area is 135 Å². The van der Waals surface area contributed by atoms with Crippen LogP contribution in [0.25, 0.3) is 22.3 Å². The molecular formula is C15H9Cl2N3O2. The van der Waals surface area contributed by atoms with Crippen molar-refractivity contribution in [3.63, 3.8) is 0 Å². The Morgan fingerprint density at radius 3 is 2.64 bits per heavy atom. The molecule has 0 unspecified atom stereocenters. The number of benzene rings is 2. The molecule has 7 heteroatoms. The van der Waals surface area contributed by atoms with Crippen molar-refractivity contribution in [3.05, 3.63) is 58.2 Å². The van der Waals surface area contributed by atoms with E-state index < -0.39 is 5.91 Å². The second kappa shape index (κ2) is 5.88. The third kappa shape index (κ3) is 2.74. The van der Waals surface area contributed by atoms with Gasteiger partial charge in [0.2, 0.25) is 0 Å². The molecule has 1 amide bonds. The lowest BCUT2D eigenvalue weighted by Gasteiger charge is -2.06. The smallest absolute Gasteiger partial charge is 0.274 e. The minimum Gasteiger partial charge on any atom is -0.288 e. The van der Waals surface area contributed by atoms with Crippen LogP contribution >= 0.6 is 23.2 Å². The van der Waals surface area contributed by atoms with Crippen LogP contribution in [0, 0.1) is 0 Å². The summed E-state index contributed by atoms with van der Waals surface area (Å²) in [6.07, 6.45) is 1.60. The summed E-state index contributed by atoms with van der Waals surface area (Å²) >= 11 is 12.1. The van der Waals surface area contributed by atoms with Crippen molar-refractivity contribution < 1.29 is 10.0 Å². The van der Waals surface area contributed by atoms with Gasteiger partial charge in [0, 0.05) is 16.1 Å². The number of halogens is 2. The van der Waals surface area contributed by atoms with Gasteiger partial charge >= 0.3 is 0 Å². The van der Waals surface area contributed by atoms with Crippen molar-refractivity contribution in [1.29, 1.82) is 0 Å². The Morgan fingerprint density at radius 2 is 1.91 bits per heavy atom. The lowest BCUT2D eigenvalue weighted by molar-refractivity contribution is 0.0706. The first-order chi connectivity index (χ1) is 10.6. The van der Waals surface area contributed by atoms with Crippen molar-refractivity contribution in [2.75, 3.05) is 0 Å². The van der Waals surface area contributed by atoms with Gasteiger partial charge in [0.05, 0.1) is 27.9 Å². The zero-order chi connectivity index (χ0) is 15.7. The van der Waals surface area contributed by atoms with Crippen molar-refractivity contribution in [1.82, 2.24) is 15.4 Å². The molecule has 22 heavy (non-hydrogen) atoms. The number of carbonyl (C=O) groups is 1. The number of fused-ring (bicyclic) bond motifs is 1. The molecule has 2 N–H and O–H groups in total. The lowest BCUT2D eigenvalue weighted by atomic mass is 10.1. The Morgan fingerprint density at radius 1 is 1.09 bits per heavy atom. The van der Waals surface area contributed by atoms with Crippen LogP contribution in [0.1, 0.15) is 10.4 Å². The second-order valence-electron chi connectivity index (χ2n) is 4.52. The Kier molecular flexibility index (Phi) is 3.94.